The molecule has 0 spiro atoms. The van der Waals surface area contributed by atoms with E-state index in [2.05, 4.69) is 6.92 Å². The molecule has 0 atom stereocenters. The predicted octanol–water partition coefficient (Wildman–Crippen LogP) is 6.11. The van der Waals surface area contributed by atoms with Crippen LogP contribution in [0.15, 0.2) is 48.5 Å². The van der Waals surface area contributed by atoms with Crippen LogP contribution in [-0.2, 0) is 0 Å². The summed E-state index contributed by atoms with van der Waals surface area (Å²) in [4.78, 5) is 10.2. The van der Waals surface area contributed by atoms with Crippen molar-refractivity contribution in [1.29, 1.82) is 0 Å². The van der Waals surface area contributed by atoms with E-state index in [1.807, 2.05) is 36.4 Å². The summed E-state index contributed by atoms with van der Waals surface area (Å²) >= 11 is 0. The molecular weight excluding hydrogens is 314 g/mol. The van der Waals surface area contributed by atoms with Gasteiger partial charge in [0.1, 0.15) is 5.75 Å². The van der Waals surface area contributed by atoms with Crippen LogP contribution in [0, 0.1) is 10.1 Å². The van der Waals surface area contributed by atoms with Gasteiger partial charge in [-0.15, -0.1) is 0 Å². The number of rotatable bonds is 10. The van der Waals surface area contributed by atoms with E-state index in [1.54, 1.807) is 12.1 Å². The van der Waals surface area contributed by atoms with Crippen LogP contribution in [-0.4, -0.2) is 11.5 Å². The Morgan fingerprint density at radius 1 is 0.880 bits per heavy atom. The second-order valence-corrected chi connectivity index (χ2v) is 6.01. The number of non-ortho nitro benzene ring substituents is 1. The highest BCUT2D eigenvalue weighted by Crippen LogP contribution is 2.17. The number of ether oxygens (including phenoxy) is 1. The first-order chi connectivity index (χ1) is 12.2. The van der Waals surface area contributed by atoms with Gasteiger partial charge in [0.2, 0.25) is 0 Å². The Hall–Kier alpha value is -2.62. The predicted molar refractivity (Wildman–Crippen MR) is 103 cm³/mol. The first kappa shape index (κ1) is 18.7. The van der Waals surface area contributed by atoms with Gasteiger partial charge in [-0.25, -0.2) is 0 Å². The monoisotopic (exact) mass is 339 g/mol. The van der Waals surface area contributed by atoms with Crippen molar-refractivity contribution < 1.29 is 9.66 Å². The summed E-state index contributed by atoms with van der Waals surface area (Å²) in [7, 11) is 0. The lowest BCUT2D eigenvalue weighted by molar-refractivity contribution is -0.384. The number of nitro benzene ring substituents is 1. The normalized spacial score (nSPS) is 10.9. The van der Waals surface area contributed by atoms with Crippen molar-refractivity contribution in [3.8, 4) is 5.75 Å². The molecule has 0 saturated carbocycles. The molecule has 0 saturated heterocycles. The number of nitrogens with zero attached hydrogens (tertiary/aromatic N) is 1. The second kappa shape index (κ2) is 10.3. The van der Waals surface area contributed by atoms with Gasteiger partial charge in [0.25, 0.3) is 5.69 Å². The lowest BCUT2D eigenvalue weighted by Gasteiger charge is -2.06. The smallest absolute Gasteiger partial charge is 0.269 e. The van der Waals surface area contributed by atoms with E-state index in [4.69, 9.17) is 4.74 Å². The topological polar surface area (TPSA) is 52.4 Å². The van der Waals surface area contributed by atoms with E-state index >= 15 is 0 Å². The van der Waals surface area contributed by atoms with E-state index < -0.39 is 4.92 Å². The zero-order valence-corrected chi connectivity index (χ0v) is 14.7. The maximum absolute atomic E-state index is 10.6. The average molecular weight is 339 g/mol. The Morgan fingerprint density at radius 2 is 1.44 bits per heavy atom. The largest absolute Gasteiger partial charge is 0.494 e. The van der Waals surface area contributed by atoms with E-state index in [1.165, 1.54) is 37.8 Å². The summed E-state index contributed by atoms with van der Waals surface area (Å²) in [5, 5.41) is 10.6. The van der Waals surface area contributed by atoms with E-state index in [0.29, 0.717) is 0 Å². The molecule has 0 aliphatic carbocycles. The number of hydrogen-bond donors (Lipinski definition) is 0. The molecule has 0 unspecified atom stereocenters. The summed E-state index contributed by atoms with van der Waals surface area (Å²) in [6.45, 7) is 2.98. The molecule has 0 aliphatic heterocycles. The van der Waals surface area contributed by atoms with Crippen molar-refractivity contribution in [3.05, 3.63) is 69.8 Å². The van der Waals surface area contributed by atoms with Crippen LogP contribution in [0.3, 0.4) is 0 Å². The molecular formula is C21H25NO3. The highest BCUT2D eigenvalue weighted by Gasteiger charge is 2.02. The van der Waals surface area contributed by atoms with Crippen molar-refractivity contribution in [2.45, 2.75) is 39.0 Å². The van der Waals surface area contributed by atoms with Gasteiger partial charge in [0, 0.05) is 12.1 Å². The second-order valence-electron chi connectivity index (χ2n) is 6.01. The quantitative estimate of drug-likeness (QED) is 0.227. The molecule has 2 aromatic carbocycles. The summed E-state index contributed by atoms with van der Waals surface area (Å²) in [5.41, 5.74) is 2.10. The van der Waals surface area contributed by atoms with Crippen molar-refractivity contribution in [2.24, 2.45) is 0 Å². The lowest BCUT2D eigenvalue weighted by Crippen LogP contribution is -1.97. The molecule has 2 aromatic rings. The molecule has 0 heterocycles. The maximum atomic E-state index is 10.6. The third-order valence-electron chi connectivity index (χ3n) is 3.97. The molecule has 0 aliphatic rings. The van der Waals surface area contributed by atoms with E-state index in [9.17, 15) is 10.1 Å². The lowest BCUT2D eigenvalue weighted by atomic mass is 10.1. The van der Waals surface area contributed by atoms with Crippen LogP contribution in [0.1, 0.15) is 50.2 Å². The molecule has 0 amide bonds. The molecule has 132 valence electrons. The van der Waals surface area contributed by atoms with Crippen molar-refractivity contribution >= 4 is 17.8 Å². The maximum Gasteiger partial charge on any atom is 0.269 e. The molecule has 4 nitrogen and oxygen atoms in total. The number of hydrogen-bond acceptors (Lipinski definition) is 3. The van der Waals surface area contributed by atoms with Crippen LogP contribution in [0.4, 0.5) is 5.69 Å². The summed E-state index contributed by atoms with van der Waals surface area (Å²) in [6, 6.07) is 14.5. The summed E-state index contributed by atoms with van der Waals surface area (Å²) in [5.74, 6) is 0.892. The standard InChI is InChI=1S/C21H25NO3/c1-2-3-4-5-6-17-25-21-15-11-19(12-16-21)8-7-18-9-13-20(14-10-18)22(23)24/h7-16H,2-6,17H2,1H3. The average Bonchev–Trinajstić information content (AvgIpc) is 2.64. The van der Waals surface area contributed by atoms with Gasteiger partial charge in [-0.1, -0.05) is 56.9 Å². The van der Waals surface area contributed by atoms with Crippen molar-refractivity contribution in [3.63, 3.8) is 0 Å². The third kappa shape index (κ3) is 6.79. The number of nitro groups is 1. The minimum atomic E-state index is -0.393. The minimum Gasteiger partial charge on any atom is -0.494 e. The fourth-order valence-electron chi connectivity index (χ4n) is 2.47. The van der Waals surface area contributed by atoms with E-state index in [-0.39, 0.29) is 5.69 Å². The van der Waals surface area contributed by atoms with Crippen LogP contribution < -0.4 is 4.74 Å². The molecule has 0 fully saturated rings. The minimum absolute atomic E-state index is 0.105. The van der Waals surface area contributed by atoms with Crippen LogP contribution in [0.2, 0.25) is 0 Å². The highest BCUT2D eigenvalue weighted by molar-refractivity contribution is 5.70. The zero-order chi connectivity index (χ0) is 17.9. The van der Waals surface area contributed by atoms with Gasteiger partial charge < -0.3 is 4.74 Å². The SMILES string of the molecule is CCCCCCCOc1ccc(C=Cc2ccc([N+](=O)[O-])cc2)cc1. The van der Waals surface area contributed by atoms with Gasteiger partial charge in [0.15, 0.2) is 0 Å². The fourth-order valence-corrected chi connectivity index (χ4v) is 2.47. The van der Waals surface area contributed by atoms with Gasteiger partial charge in [-0.05, 0) is 41.8 Å². The van der Waals surface area contributed by atoms with Crippen LogP contribution >= 0.6 is 0 Å². The molecule has 4 heteroatoms. The molecule has 2 rings (SSSR count). The number of unbranched alkanes of at least 4 members (excludes halogenated alkanes) is 4. The fraction of sp³-hybridized carbons (Fsp3) is 0.333. The van der Waals surface area contributed by atoms with Crippen molar-refractivity contribution in [2.75, 3.05) is 6.61 Å². The van der Waals surface area contributed by atoms with E-state index in [0.717, 1.165) is 29.9 Å². The first-order valence-corrected chi connectivity index (χ1v) is 8.84. The summed E-state index contributed by atoms with van der Waals surface area (Å²) in [6.07, 6.45) is 10.1. The van der Waals surface area contributed by atoms with Gasteiger partial charge in [-0.3, -0.25) is 10.1 Å². The molecule has 0 N–H and O–H groups in total. The van der Waals surface area contributed by atoms with Crippen molar-refractivity contribution in [1.82, 2.24) is 0 Å². The Labute approximate surface area is 149 Å². The first-order valence-electron chi connectivity index (χ1n) is 8.84. The van der Waals surface area contributed by atoms with Gasteiger partial charge in [-0.2, -0.15) is 0 Å². The van der Waals surface area contributed by atoms with Crippen LogP contribution in [0.25, 0.3) is 12.2 Å². The molecule has 0 radical (unpaired) electrons. The Bertz CT molecular complexity index is 675. The molecule has 25 heavy (non-hydrogen) atoms. The highest BCUT2D eigenvalue weighted by atomic mass is 16.6. The van der Waals surface area contributed by atoms with Gasteiger partial charge in [0.05, 0.1) is 11.5 Å². The summed E-state index contributed by atoms with van der Waals surface area (Å²) < 4.78 is 5.75. The molecule has 0 aromatic heterocycles. The zero-order valence-electron chi connectivity index (χ0n) is 14.7. The Morgan fingerprint density at radius 3 is 2.00 bits per heavy atom. The number of benzene rings is 2. The Balaban J connectivity index is 1.80. The Kier molecular flexibility index (Phi) is 7.70. The van der Waals surface area contributed by atoms with Gasteiger partial charge >= 0.3 is 0 Å². The third-order valence-corrected chi connectivity index (χ3v) is 3.97. The molecule has 0 bridgehead atoms. The van der Waals surface area contributed by atoms with Crippen LogP contribution in [0.5, 0.6) is 5.75 Å².